The molecule has 0 rings (SSSR count). The summed E-state index contributed by atoms with van der Waals surface area (Å²) in [5.74, 6) is -0.955. The molecule has 0 aromatic carbocycles. The number of carbonyl (C=O) groups is 2. The lowest BCUT2D eigenvalue weighted by molar-refractivity contribution is -0.148. The van der Waals surface area contributed by atoms with E-state index >= 15 is 0 Å². The first-order valence-corrected chi connectivity index (χ1v) is 5.13. The lowest BCUT2D eigenvalue weighted by atomic mass is 9.83. The first-order chi connectivity index (χ1) is 7.36. The summed E-state index contributed by atoms with van der Waals surface area (Å²) >= 11 is 0. The number of alkyl carbamates (subject to hydrolysis) is 1. The Balaban J connectivity index is 4.46. The van der Waals surface area contributed by atoms with E-state index in [4.69, 9.17) is 9.84 Å². The Labute approximate surface area is 95.5 Å². The Morgan fingerprint density at radius 3 is 2.50 bits per heavy atom. The van der Waals surface area contributed by atoms with Gasteiger partial charge in [0.2, 0.25) is 0 Å². The molecular weight excluding hydrogens is 210 g/mol. The van der Waals surface area contributed by atoms with Crippen molar-refractivity contribution in [3.8, 4) is 0 Å². The van der Waals surface area contributed by atoms with Gasteiger partial charge in [0, 0.05) is 6.04 Å². The standard InChI is InChI=1S/C11H19NO4/c1-5-7-16-10(15)12-8(6-2)11(3,4)9(13)14/h5,8H,1,6-7H2,2-4H3,(H,12,15)(H,13,14). The largest absolute Gasteiger partial charge is 0.481 e. The van der Waals surface area contributed by atoms with E-state index in [2.05, 4.69) is 11.9 Å². The predicted octanol–water partition coefficient (Wildman–Crippen LogP) is 1.79. The number of hydrogen-bond acceptors (Lipinski definition) is 3. The van der Waals surface area contributed by atoms with E-state index in [0.717, 1.165) is 0 Å². The Bertz CT molecular complexity index is 273. The molecular formula is C11H19NO4. The third-order valence-electron chi connectivity index (χ3n) is 2.45. The topological polar surface area (TPSA) is 75.6 Å². The van der Waals surface area contributed by atoms with E-state index in [1.807, 2.05) is 6.92 Å². The number of aliphatic carboxylic acids is 1. The number of rotatable bonds is 6. The summed E-state index contributed by atoms with van der Waals surface area (Å²) < 4.78 is 4.74. The maximum atomic E-state index is 11.3. The fourth-order valence-corrected chi connectivity index (χ4v) is 1.26. The Kier molecular flexibility index (Phi) is 5.56. The number of carboxylic acids is 1. The minimum atomic E-state index is -1.03. The summed E-state index contributed by atoms with van der Waals surface area (Å²) in [6, 6.07) is -0.470. The lowest BCUT2D eigenvalue weighted by Gasteiger charge is -2.29. The molecule has 0 fully saturated rings. The summed E-state index contributed by atoms with van der Waals surface area (Å²) in [7, 11) is 0. The van der Waals surface area contributed by atoms with Crippen LogP contribution in [0.5, 0.6) is 0 Å². The number of hydrogen-bond donors (Lipinski definition) is 2. The van der Waals surface area contributed by atoms with Gasteiger partial charge in [-0.25, -0.2) is 4.79 Å². The van der Waals surface area contributed by atoms with Gasteiger partial charge in [-0.05, 0) is 20.3 Å². The zero-order chi connectivity index (χ0) is 12.8. The van der Waals surface area contributed by atoms with E-state index in [1.54, 1.807) is 13.8 Å². The van der Waals surface area contributed by atoms with Crippen LogP contribution in [0.25, 0.3) is 0 Å². The number of ether oxygens (including phenoxy) is 1. The first kappa shape index (κ1) is 14.5. The molecule has 0 bridgehead atoms. The molecule has 1 unspecified atom stereocenters. The summed E-state index contributed by atoms with van der Waals surface area (Å²) in [4.78, 5) is 22.3. The molecule has 16 heavy (non-hydrogen) atoms. The van der Waals surface area contributed by atoms with E-state index in [-0.39, 0.29) is 6.61 Å². The molecule has 0 spiro atoms. The third kappa shape index (κ3) is 3.92. The van der Waals surface area contributed by atoms with Crippen molar-refractivity contribution in [2.45, 2.75) is 33.2 Å². The number of amides is 1. The van der Waals surface area contributed by atoms with Crippen LogP contribution < -0.4 is 5.32 Å². The van der Waals surface area contributed by atoms with Gasteiger partial charge in [-0.1, -0.05) is 19.6 Å². The SMILES string of the molecule is C=CCOC(=O)NC(CC)C(C)(C)C(=O)O. The molecule has 0 saturated heterocycles. The van der Waals surface area contributed by atoms with Crippen LogP contribution in [0, 0.1) is 5.41 Å². The maximum Gasteiger partial charge on any atom is 0.407 e. The smallest absolute Gasteiger partial charge is 0.407 e. The van der Waals surface area contributed by atoms with Crippen LogP contribution in [-0.2, 0) is 9.53 Å². The summed E-state index contributed by atoms with van der Waals surface area (Å²) in [5.41, 5.74) is -1.03. The van der Waals surface area contributed by atoms with E-state index in [0.29, 0.717) is 6.42 Å². The second-order valence-electron chi connectivity index (χ2n) is 4.02. The van der Waals surface area contributed by atoms with Crippen molar-refractivity contribution in [1.82, 2.24) is 5.32 Å². The normalized spacial score (nSPS) is 12.7. The monoisotopic (exact) mass is 229 g/mol. The van der Waals surface area contributed by atoms with Crippen molar-refractivity contribution in [3.05, 3.63) is 12.7 Å². The fourth-order valence-electron chi connectivity index (χ4n) is 1.26. The van der Waals surface area contributed by atoms with Crippen molar-refractivity contribution < 1.29 is 19.4 Å². The average Bonchev–Trinajstić information content (AvgIpc) is 2.22. The van der Waals surface area contributed by atoms with Crippen LogP contribution in [0.4, 0.5) is 4.79 Å². The molecule has 0 aliphatic carbocycles. The van der Waals surface area contributed by atoms with Crippen molar-refractivity contribution >= 4 is 12.1 Å². The molecule has 0 aromatic heterocycles. The molecule has 1 atom stereocenters. The van der Waals surface area contributed by atoms with Crippen molar-refractivity contribution in [2.75, 3.05) is 6.61 Å². The molecule has 0 aliphatic heterocycles. The predicted molar refractivity (Wildman–Crippen MR) is 60.2 cm³/mol. The summed E-state index contributed by atoms with van der Waals surface area (Å²) in [6.07, 6.45) is 1.34. The molecule has 0 aliphatic rings. The molecule has 0 heterocycles. The van der Waals surface area contributed by atoms with Crippen molar-refractivity contribution in [2.24, 2.45) is 5.41 Å². The van der Waals surface area contributed by atoms with Crippen LogP contribution in [0.1, 0.15) is 27.2 Å². The highest BCUT2D eigenvalue weighted by Gasteiger charge is 2.36. The molecule has 0 aromatic rings. The second-order valence-corrected chi connectivity index (χ2v) is 4.02. The van der Waals surface area contributed by atoms with Crippen molar-refractivity contribution in [1.29, 1.82) is 0 Å². The van der Waals surface area contributed by atoms with Gasteiger partial charge in [-0.2, -0.15) is 0 Å². The fraction of sp³-hybridized carbons (Fsp3) is 0.636. The van der Waals surface area contributed by atoms with Gasteiger partial charge in [-0.15, -0.1) is 0 Å². The van der Waals surface area contributed by atoms with Gasteiger partial charge in [-0.3, -0.25) is 4.79 Å². The van der Waals surface area contributed by atoms with Crippen LogP contribution in [0.15, 0.2) is 12.7 Å². The average molecular weight is 229 g/mol. The van der Waals surface area contributed by atoms with Crippen molar-refractivity contribution in [3.63, 3.8) is 0 Å². The van der Waals surface area contributed by atoms with Gasteiger partial charge in [0.25, 0.3) is 0 Å². The highest BCUT2D eigenvalue weighted by atomic mass is 16.5. The molecule has 2 N–H and O–H groups in total. The Morgan fingerprint density at radius 2 is 2.12 bits per heavy atom. The minimum absolute atomic E-state index is 0.107. The van der Waals surface area contributed by atoms with Gasteiger partial charge < -0.3 is 15.2 Å². The minimum Gasteiger partial charge on any atom is -0.481 e. The second kappa shape index (κ2) is 6.15. The quantitative estimate of drug-likeness (QED) is 0.681. The lowest BCUT2D eigenvalue weighted by Crippen LogP contribution is -2.48. The summed E-state index contributed by atoms with van der Waals surface area (Å²) in [5, 5.41) is 11.6. The highest BCUT2D eigenvalue weighted by molar-refractivity contribution is 5.76. The molecule has 5 heteroatoms. The van der Waals surface area contributed by atoms with Gasteiger partial charge >= 0.3 is 12.1 Å². The van der Waals surface area contributed by atoms with Crippen LogP contribution >= 0.6 is 0 Å². The zero-order valence-electron chi connectivity index (χ0n) is 9.95. The van der Waals surface area contributed by atoms with Gasteiger partial charge in [0.15, 0.2) is 0 Å². The van der Waals surface area contributed by atoms with Crippen LogP contribution in [-0.4, -0.2) is 29.8 Å². The summed E-state index contributed by atoms with van der Waals surface area (Å²) in [6.45, 7) is 8.46. The van der Waals surface area contributed by atoms with E-state index < -0.39 is 23.5 Å². The van der Waals surface area contributed by atoms with E-state index in [1.165, 1.54) is 6.08 Å². The molecule has 1 amide bonds. The van der Waals surface area contributed by atoms with Gasteiger partial charge in [0.05, 0.1) is 5.41 Å². The van der Waals surface area contributed by atoms with Crippen LogP contribution in [0.2, 0.25) is 0 Å². The molecule has 0 radical (unpaired) electrons. The number of nitrogens with one attached hydrogen (secondary N) is 1. The highest BCUT2D eigenvalue weighted by Crippen LogP contribution is 2.23. The van der Waals surface area contributed by atoms with Crippen LogP contribution in [0.3, 0.4) is 0 Å². The first-order valence-electron chi connectivity index (χ1n) is 5.13. The Morgan fingerprint density at radius 1 is 1.56 bits per heavy atom. The molecule has 5 nitrogen and oxygen atoms in total. The molecule has 0 saturated carbocycles. The zero-order valence-corrected chi connectivity index (χ0v) is 9.95. The molecule has 92 valence electrons. The maximum absolute atomic E-state index is 11.3. The Hall–Kier alpha value is -1.52. The number of carboxylic acid groups (broad SMARTS) is 1. The van der Waals surface area contributed by atoms with E-state index in [9.17, 15) is 9.59 Å². The third-order valence-corrected chi connectivity index (χ3v) is 2.45. The van der Waals surface area contributed by atoms with Gasteiger partial charge in [0.1, 0.15) is 6.61 Å². The number of carbonyl (C=O) groups excluding carboxylic acids is 1.